The largest absolute Gasteiger partial charge is 0.382 e. The SMILES string of the molecule is CSCCCCn1c(C)nc2c(N)nc3ccccc3c21. The summed E-state index contributed by atoms with van der Waals surface area (Å²) in [6, 6.07) is 8.14. The Balaban J connectivity index is 2.12. The number of hydrogen-bond acceptors (Lipinski definition) is 4. The van der Waals surface area contributed by atoms with Gasteiger partial charge in [0.25, 0.3) is 0 Å². The number of benzene rings is 1. The van der Waals surface area contributed by atoms with Gasteiger partial charge in [0, 0.05) is 11.9 Å². The van der Waals surface area contributed by atoms with Crippen LogP contribution in [0.15, 0.2) is 24.3 Å². The van der Waals surface area contributed by atoms with Crippen molar-refractivity contribution in [2.24, 2.45) is 0 Å². The minimum absolute atomic E-state index is 0.523. The van der Waals surface area contributed by atoms with Crippen molar-refractivity contribution in [2.75, 3.05) is 17.7 Å². The number of anilines is 1. The van der Waals surface area contributed by atoms with Gasteiger partial charge in [0.05, 0.1) is 11.0 Å². The lowest BCUT2D eigenvalue weighted by atomic mass is 10.2. The number of fused-ring (bicyclic) bond motifs is 3. The first-order valence-electron chi connectivity index (χ1n) is 7.22. The molecule has 0 unspecified atom stereocenters. The molecule has 0 atom stereocenters. The zero-order valence-corrected chi connectivity index (χ0v) is 13.3. The Bertz CT molecular complexity index is 779. The van der Waals surface area contributed by atoms with Gasteiger partial charge in [0.15, 0.2) is 5.82 Å². The number of nitrogens with two attached hydrogens (primary N) is 1. The van der Waals surface area contributed by atoms with Crippen LogP contribution < -0.4 is 5.73 Å². The second-order valence-corrected chi connectivity index (χ2v) is 6.21. The fourth-order valence-corrected chi connectivity index (χ4v) is 3.25. The zero-order valence-electron chi connectivity index (χ0n) is 12.5. The van der Waals surface area contributed by atoms with E-state index in [9.17, 15) is 0 Å². The van der Waals surface area contributed by atoms with E-state index in [1.165, 1.54) is 12.2 Å². The van der Waals surface area contributed by atoms with E-state index in [-0.39, 0.29) is 0 Å². The highest BCUT2D eigenvalue weighted by atomic mass is 32.2. The van der Waals surface area contributed by atoms with Crippen LogP contribution in [-0.4, -0.2) is 26.5 Å². The van der Waals surface area contributed by atoms with E-state index in [0.29, 0.717) is 5.82 Å². The molecule has 0 aliphatic rings. The third-order valence-corrected chi connectivity index (χ3v) is 4.48. The first-order chi connectivity index (χ1) is 10.2. The monoisotopic (exact) mass is 300 g/mol. The van der Waals surface area contributed by atoms with E-state index in [4.69, 9.17) is 5.73 Å². The summed E-state index contributed by atoms with van der Waals surface area (Å²) in [6.45, 7) is 3.03. The molecule has 0 amide bonds. The van der Waals surface area contributed by atoms with E-state index >= 15 is 0 Å². The normalized spacial score (nSPS) is 11.5. The Morgan fingerprint density at radius 2 is 2.00 bits per heavy atom. The molecular weight excluding hydrogens is 280 g/mol. The lowest BCUT2D eigenvalue weighted by Gasteiger charge is -2.09. The molecular formula is C16H20N4S. The van der Waals surface area contributed by atoms with Gasteiger partial charge >= 0.3 is 0 Å². The van der Waals surface area contributed by atoms with E-state index in [1.807, 2.05) is 36.9 Å². The van der Waals surface area contributed by atoms with Crippen molar-refractivity contribution < 1.29 is 0 Å². The minimum atomic E-state index is 0.523. The molecule has 110 valence electrons. The van der Waals surface area contributed by atoms with Crippen molar-refractivity contribution in [2.45, 2.75) is 26.3 Å². The Morgan fingerprint density at radius 1 is 1.19 bits per heavy atom. The number of thioether (sulfide) groups is 1. The maximum atomic E-state index is 6.09. The number of pyridine rings is 1. The van der Waals surface area contributed by atoms with Gasteiger partial charge in [-0.15, -0.1) is 0 Å². The molecule has 1 aromatic carbocycles. The topological polar surface area (TPSA) is 56.7 Å². The summed E-state index contributed by atoms with van der Waals surface area (Å²) in [6.07, 6.45) is 4.53. The number of aryl methyl sites for hydroxylation is 2. The lowest BCUT2D eigenvalue weighted by molar-refractivity contribution is 0.635. The molecule has 3 rings (SSSR count). The van der Waals surface area contributed by atoms with Crippen LogP contribution >= 0.6 is 11.8 Å². The van der Waals surface area contributed by atoms with E-state index < -0.39 is 0 Å². The molecule has 5 heteroatoms. The zero-order chi connectivity index (χ0) is 14.8. The molecule has 4 nitrogen and oxygen atoms in total. The second-order valence-electron chi connectivity index (χ2n) is 5.22. The molecule has 0 fully saturated rings. The van der Waals surface area contributed by atoms with Crippen molar-refractivity contribution in [3.8, 4) is 0 Å². The third-order valence-electron chi connectivity index (χ3n) is 3.78. The van der Waals surface area contributed by atoms with Crippen LogP contribution in [0.2, 0.25) is 0 Å². The van der Waals surface area contributed by atoms with Crippen LogP contribution in [0.3, 0.4) is 0 Å². The van der Waals surface area contributed by atoms with Crippen LogP contribution in [-0.2, 0) is 6.54 Å². The van der Waals surface area contributed by atoms with E-state index in [0.717, 1.165) is 40.7 Å². The van der Waals surface area contributed by atoms with Gasteiger partial charge in [-0.1, -0.05) is 18.2 Å². The Morgan fingerprint density at radius 3 is 2.81 bits per heavy atom. The number of hydrogen-bond donors (Lipinski definition) is 1. The van der Waals surface area contributed by atoms with Crippen LogP contribution in [0, 0.1) is 6.92 Å². The number of rotatable bonds is 5. The van der Waals surface area contributed by atoms with Crippen molar-refractivity contribution >= 4 is 39.5 Å². The highest BCUT2D eigenvalue weighted by Gasteiger charge is 2.14. The standard InChI is InChI=1S/C16H20N4S/c1-11-18-14-15(20(11)9-5-6-10-21-2)12-7-3-4-8-13(12)19-16(14)17/h3-4,7-8H,5-6,9-10H2,1-2H3,(H2,17,19). The van der Waals surface area contributed by atoms with Crippen LogP contribution in [0.5, 0.6) is 0 Å². The first-order valence-corrected chi connectivity index (χ1v) is 8.61. The van der Waals surface area contributed by atoms with Gasteiger partial charge in [0.2, 0.25) is 0 Å². The van der Waals surface area contributed by atoms with Crippen molar-refractivity contribution in [1.82, 2.24) is 14.5 Å². The van der Waals surface area contributed by atoms with Gasteiger partial charge in [-0.3, -0.25) is 0 Å². The molecule has 0 saturated carbocycles. The Kier molecular flexibility index (Phi) is 4.01. The molecule has 0 radical (unpaired) electrons. The van der Waals surface area contributed by atoms with Crippen LogP contribution in [0.1, 0.15) is 18.7 Å². The van der Waals surface area contributed by atoms with Crippen molar-refractivity contribution in [3.05, 3.63) is 30.1 Å². The molecule has 0 bridgehead atoms. The molecule has 3 aromatic rings. The summed E-state index contributed by atoms with van der Waals surface area (Å²) in [5.41, 5.74) is 8.98. The van der Waals surface area contributed by atoms with E-state index in [2.05, 4.69) is 26.9 Å². The highest BCUT2D eigenvalue weighted by Crippen LogP contribution is 2.28. The van der Waals surface area contributed by atoms with Crippen molar-refractivity contribution in [3.63, 3.8) is 0 Å². The number of aromatic nitrogens is 3. The number of unbranched alkanes of at least 4 members (excludes halogenated alkanes) is 1. The minimum Gasteiger partial charge on any atom is -0.382 e. The van der Waals surface area contributed by atoms with Crippen molar-refractivity contribution in [1.29, 1.82) is 0 Å². The quantitative estimate of drug-likeness (QED) is 0.731. The van der Waals surface area contributed by atoms with E-state index in [1.54, 1.807) is 0 Å². The number of nitrogen functional groups attached to an aromatic ring is 1. The maximum Gasteiger partial charge on any atom is 0.152 e. The number of imidazole rings is 1. The van der Waals surface area contributed by atoms with Crippen LogP contribution in [0.4, 0.5) is 5.82 Å². The Labute approximate surface area is 128 Å². The van der Waals surface area contributed by atoms with Gasteiger partial charge in [0.1, 0.15) is 11.3 Å². The molecule has 0 saturated heterocycles. The predicted octanol–water partition coefficient (Wildman–Crippen LogP) is 3.62. The molecule has 0 aliphatic carbocycles. The summed E-state index contributed by atoms with van der Waals surface area (Å²) < 4.78 is 2.29. The molecule has 2 N–H and O–H groups in total. The fourth-order valence-electron chi connectivity index (χ4n) is 2.76. The lowest BCUT2D eigenvalue weighted by Crippen LogP contribution is -2.02. The summed E-state index contributed by atoms with van der Waals surface area (Å²) in [4.78, 5) is 9.10. The second kappa shape index (κ2) is 5.93. The predicted molar refractivity (Wildman–Crippen MR) is 91.8 cm³/mol. The number of nitrogens with zero attached hydrogens (tertiary/aromatic N) is 3. The smallest absolute Gasteiger partial charge is 0.152 e. The summed E-state index contributed by atoms with van der Waals surface area (Å²) in [7, 11) is 0. The van der Waals surface area contributed by atoms with Crippen LogP contribution in [0.25, 0.3) is 21.9 Å². The van der Waals surface area contributed by atoms with Gasteiger partial charge in [-0.25, -0.2) is 9.97 Å². The summed E-state index contributed by atoms with van der Waals surface area (Å²) >= 11 is 1.90. The van der Waals surface area contributed by atoms with Gasteiger partial charge in [-0.05, 0) is 37.8 Å². The first kappa shape index (κ1) is 14.2. The third kappa shape index (κ3) is 2.58. The maximum absolute atomic E-state index is 6.09. The average molecular weight is 300 g/mol. The molecule has 21 heavy (non-hydrogen) atoms. The average Bonchev–Trinajstić information content (AvgIpc) is 2.82. The molecule has 2 heterocycles. The molecule has 2 aromatic heterocycles. The fraction of sp³-hybridized carbons (Fsp3) is 0.375. The summed E-state index contributed by atoms with van der Waals surface area (Å²) in [5.74, 6) is 2.74. The highest BCUT2D eigenvalue weighted by molar-refractivity contribution is 7.98. The number of para-hydroxylation sites is 1. The Hall–Kier alpha value is -1.75. The molecule has 0 aliphatic heterocycles. The van der Waals surface area contributed by atoms with Gasteiger partial charge in [-0.2, -0.15) is 11.8 Å². The molecule has 0 spiro atoms. The van der Waals surface area contributed by atoms with Gasteiger partial charge < -0.3 is 10.3 Å². The summed E-state index contributed by atoms with van der Waals surface area (Å²) in [5, 5.41) is 1.13.